The molecule has 156 valence electrons. The maximum atomic E-state index is 14.3. The van der Waals surface area contributed by atoms with Crippen molar-refractivity contribution in [3.63, 3.8) is 0 Å². The summed E-state index contributed by atoms with van der Waals surface area (Å²) in [6.45, 7) is 1.27. The Bertz CT molecular complexity index is 1190. The molecule has 1 aromatic carbocycles. The van der Waals surface area contributed by atoms with Crippen molar-refractivity contribution in [1.29, 1.82) is 0 Å². The number of amides is 1. The number of pyridine rings is 1. The third-order valence-electron chi connectivity index (χ3n) is 4.32. The molecule has 0 atom stereocenters. The number of halogens is 4. The van der Waals surface area contributed by atoms with Crippen molar-refractivity contribution in [2.75, 3.05) is 0 Å². The summed E-state index contributed by atoms with van der Waals surface area (Å²) in [5, 5.41) is 0. The van der Waals surface area contributed by atoms with Gasteiger partial charge in [0.1, 0.15) is 17.3 Å². The smallest absolute Gasteiger partial charge is 0.256 e. The largest absolute Gasteiger partial charge is 0.372 e. The number of carbonyl (C=O) groups excluding carboxylic acids is 1. The van der Waals surface area contributed by atoms with E-state index in [1.165, 1.54) is 17.0 Å². The number of nitrogens with zero attached hydrogens (tertiary/aromatic N) is 4. The van der Waals surface area contributed by atoms with Crippen LogP contribution in [0.4, 0.5) is 17.6 Å². The van der Waals surface area contributed by atoms with Crippen LogP contribution in [0.1, 0.15) is 5.69 Å². The minimum absolute atomic E-state index is 0.0434. The summed E-state index contributed by atoms with van der Waals surface area (Å²) in [4.78, 5) is 17.0. The number of aromatic nitrogens is 4. The van der Waals surface area contributed by atoms with Crippen LogP contribution in [0.15, 0.2) is 49.1 Å². The van der Waals surface area contributed by atoms with Crippen LogP contribution in [0.25, 0.3) is 28.2 Å². The first-order chi connectivity index (χ1) is 14.3. The number of nitrogens with two attached hydrogens (primary N) is 1. The standard InChI is InChI=1S/C19H14F4N4.CH3NO/c1-11-7-24-17-5-2-12(8-27(11)17)19-18(25-10-26(19)9-16(22)23)14-4-3-13(20)6-15(14)21;2-1-3/h2-8,10,16H,9H2,1H3;1H,(H2,2,3). The predicted octanol–water partition coefficient (Wildman–Crippen LogP) is 3.82. The van der Waals surface area contributed by atoms with Gasteiger partial charge in [-0.1, -0.05) is 0 Å². The average molecular weight is 419 g/mol. The van der Waals surface area contributed by atoms with Crippen LogP contribution >= 0.6 is 0 Å². The molecule has 0 saturated heterocycles. The lowest BCUT2D eigenvalue weighted by atomic mass is 10.1. The van der Waals surface area contributed by atoms with Crippen molar-refractivity contribution in [2.45, 2.75) is 19.9 Å². The molecule has 30 heavy (non-hydrogen) atoms. The van der Waals surface area contributed by atoms with Gasteiger partial charge in [0.25, 0.3) is 6.43 Å². The van der Waals surface area contributed by atoms with E-state index in [0.717, 1.165) is 17.8 Å². The highest BCUT2D eigenvalue weighted by molar-refractivity contribution is 5.79. The second-order valence-corrected chi connectivity index (χ2v) is 6.29. The second kappa shape index (κ2) is 8.76. The van der Waals surface area contributed by atoms with Gasteiger partial charge in [0, 0.05) is 35.3 Å². The van der Waals surface area contributed by atoms with E-state index in [2.05, 4.69) is 15.7 Å². The van der Waals surface area contributed by atoms with Gasteiger partial charge in [0.05, 0.1) is 24.3 Å². The van der Waals surface area contributed by atoms with Crippen LogP contribution in [0.2, 0.25) is 0 Å². The zero-order valence-corrected chi connectivity index (χ0v) is 15.8. The summed E-state index contributed by atoms with van der Waals surface area (Å²) in [5.74, 6) is -1.53. The van der Waals surface area contributed by atoms with Gasteiger partial charge in [-0.15, -0.1) is 0 Å². The molecule has 0 aliphatic heterocycles. The van der Waals surface area contributed by atoms with Crippen molar-refractivity contribution in [2.24, 2.45) is 5.73 Å². The van der Waals surface area contributed by atoms with Crippen molar-refractivity contribution in [3.05, 3.63) is 66.4 Å². The molecule has 0 radical (unpaired) electrons. The fourth-order valence-corrected chi connectivity index (χ4v) is 3.09. The van der Waals surface area contributed by atoms with Gasteiger partial charge in [0.2, 0.25) is 6.41 Å². The van der Waals surface area contributed by atoms with Crippen LogP contribution in [0, 0.1) is 18.6 Å². The number of imidazole rings is 2. The molecule has 0 saturated carbocycles. The number of carbonyl (C=O) groups is 1. The zero-order chi connectivity index (χ0) is 21.8. The molecule has 3 heterocycles. The summed E-state index contributed by atoms with van der Waals surface area (Å²) in [5.41, 5.74) is 6.84. The third kappa shape index (κ3) is 4.17. The lowest BCUT2D eigenvalue weighted by Gasteiger charge is -2.11. The summed E-state index contributed by atoms with van der Waals surface area (Å²) in [7, 11) is 0. The molecule has 6 nitrogen and oxygen atoms in total. The van der Waals surface area contributed by atoms with Gasteiger partial charge in [-0.05, 0) is 31.2 Å². The molecule has 0 fully saturated rings. The van der Waals surface area contributed by atoms with E-state index in [-0.39, 0.29) is 17.7 Å². The SMILES string of the molecule is Cc1cnc2ccc(-c3c(-c4ccc(F)cc4F)ncn3CC(F)F)cn12.NC=O. The molecule has 1 amide bonds. The van der Waals surface area contributed by atoms with E-state index in [0.29, 0.717) is 16.9 Å². The highest BCUT2D eigenvalue weighted by Crippen LogP contribution is 2.33. The number of fused-ring (bicyclic) bond motifs is 1. The van der Waals surface area contributed by atoms with E-state index in [4.69, 9.17) is 4.79 Å². The monoisotopic (exact) mass is 419 g/mol. The predicted molar refractivity (Wildman–Crippen MR) is 103 cm³/mol. The number of primary amides is 1. The highest BCUT2D eigenvalue weighted by atomic mass is 19.3. The number of benzene rings is 1. The first-order valence-electron chi connectivity index (χ1n) is 8.73. The first kappa shape index (κ1) is 21.0. The first-order valence-corrected chi connectivity index (χ1v) is 8.73. The number of aryl methyl sites for hydroxylation is 1. The molecule has 0 aliphatic carbocycles. The Kier molecular flexibility index (Phi) is 6.14. The van der Waals surface area contributed by atoms with Crippen LogP contribution in [0.3, 0.4) is 0 Å². The second-order valence-electron chi connectivity index (χ2n) is 6.29. The summed E-state index contributed by atoms with van der Waals surface area (Å²) in [6, 6.07) is 6.56. The fraction of sp³-hybridized carbons (Fsp3) is 0.150. The minimum Gasteiger partial charge on any atom is -0.372 e. The quantitative estimate of drug-likeness (QED) is 0.404. The van der Waals surface area contributed by atoms with Gasteiger partial charge < -0.3 is 14.7 Å². The molecule has 0 unspecified atom stereocenters. The maximum Gasteiger partial charge on any atom is 0.256 e. The van der Waals surface area contributed by atoms with Crippen molar-refractivity contribution < 1.29 is 22.4 Å². The fourth-order valence-electron chi connectivity index (χ4n) is 3.09. The number of hydrogen-bond donors (Lipinski definition) is 1. The highest BCUT2D eigenvalue weighted by Gasteiger charge is 2.20. The Hall–Kier alpha value is -3.69. The van der Waals surface area contributed by atoms with E-state index in [1.54, 1.807) is 28.9 Å². The van der Waals surface area contributed by atoms with Gasteiger partial charge in [0.15, 0.2) is 0 Å². The van der Waals surface area contributed by atoms with Crippen LogP contribution < -0.4 is 5.73 Å². The molecular weight excluding hydrogens is 402 g/mol. The Labute approximate surface area is 168 Å². The molecule has 10 heteroatoms. The Morgan fingerprint density at radius 3 is 2.57 bits per heavy atom. The molecular formula is C20H17F4N5O. The molecule has 4 aromatic rings. The molecule has 0 aliphatic rings. The number of alkyl halides is 2. The Morgan fingerprint density at radius 1 is 1.17 bits per heavy atom. The van der Waals surface area contributed by atoms with E-state index < -0.39 is 24.6 Å². The number of hydrogen-bond acceptors (Lipinski definition) is 3. The molecule has 3 aromatic heterocycles. The van der Waals surface area contributed by atoms with Crippen molar-refractivity contribution >= 4 is 12.1 Å². The minimum atomic E-state index is -2.61. The maximum absolute atomic E-state index is 14.3. The van der Waals surface area contributed by atoms with E-state index >= 15 is 0 Å². The summed E-state index contributed by atoms with van der Waals surface area (Å²) >= 11 is 0. The topological polar surface area (TPSA) is 78.2 Å². The van der Waals surface area contributed by atoms with Crippen LogP contribution in [0.5, 0.6) is 0 Å². The molecule has 4 rings (SSSR count). The van der Waals surface area contributed by atoms with Gasteiger partial charge in [-0.2, -0.15) is 0 Å². The zero-order valence-electron chi connectivity index (χ0n) is 15.8. The average Bonchev–Trinajstić information content (AvgIpc) is 3.25. The van der Waals surface area contributed by atoms with Gasteiger partial charge >= 0.3 is 0 Å². The van der Waals surface area contributed by atoms with E-state index in [1.807, 2.05) is 6.92 Å². The van der Waals surface area contributed by atoms with Crippen molar-refractivity contribution in [1.82, 2.24) is 18.9 Å². The van der Waals surface area contributed by atoms with Gasteiger partial charge in [-0.25, -0.2) is 27.5 Å². The summed E-state index contributed by atoms with van der Waals surface area (Å²) in [6.07, 6.45) is 2.31. The van der Waals surface area contributed by atoms with Crippen molar-refractivity contribution in [3.8, 4) is 22.5 Å². The summed E-state index contributed by atoms with van der Waals surface area (Å²) < 4.78 is 56.8. The number of rotatable bonds is 4. The normalized spacial score (nSPS) is 10.9. The molecule has 2 N–H and O–H groups in total. The third-order valence-corrected chi connectivity index (χ3v) is 4.32. The van der Waals surface area contributed by atoms with Crippen LogP contribution in [-0.4, -0.2) is 31.8 Å². The van der Waals surface area contributed by atoms with Gasteiger partial charge in [-0.3, -0.25) is 4.79 Å². The lowest BCUT2D eigenvalue weighted by Crippen LogP contribution is -2.07. The molecule has 0 spiro atoms. The Balaban J connectivity index is 0.000000806. The lowest BCUT2D eigenvalue weighted by molar-refractivity contribution is -0.106. The Morgan fingerprint density at radius 2 is 1.90 bits per heavy atom. The molecule has 0 bridgehead atoms. The van der Waals surface area contributed by atoms with Crippen LogP contribution in [-0.2, 0) is 11.3 Å². The van der Waals surface area contributed by atoms with E-state index in [9.17, 15) is 17.6 Å².